The monoisotopic (exact) mass is 765 g/mol. The average molecular weight is 766 g/mol. The van der Waals surface area contributed by atoms with Gasteiger partial charge in [0.1, 0.15) is 23.8 Å². The number of nitro groups is 1. The van der Waals surface area contributed by atoms with E-state index in [4.69, 9.17) is 24.2 Å². The Balaban J connectivity index is 1.08. The van der Waals surface area contributed by atoms with Gasteiger partial charge in [0, 0.05) is 57.2 Å². The molecule has 1 aliphatic carbocycles. The van der Waals surface area contributed by atoms with Crippen molar-refractivity contribution in [3.63, 3.8) is 0 Å². The number of hydrogen-bond donors (Lipinski definition) is 1. The molecule has 54 heavy (non-hydrogen) atoms. The lowest BCUT2D eigenvalue weighted by atomic mass is 9.93. The molecule has 0 radical (unpaired) electrons. The van der Waals surface area contributed by atoms with E-state index in [-0.39, 0.29) is 23.8 Å². The molecule has 0 spiro atoms. The fourth-order valence-corrected chi connectivity index (χ4v) is 8.53. The number of ether oxygens (including phenoxy) is 3. The zero-order chi connectivity index (χ0) is 37.8. The Kier molecular flexibility index (Phi) is 11.4. The van der Waals surface area contributed by atoms with Gasteiger partial charge in [-0.3, -0.25) is 14.2 Å². The molecule has 19 heteroatoms. The van der Waals surface area contributed by atoms with Gasteiger partial charge in [0.15, 0.2) is 0 Å². The molecule has 18 nitrogen and oxygen atoms in total. The van der Waals surface area contributed by atoms with Crippen LogP contribution in [0.3, 0.4) is 0 Å². The van der Waals surface area contributed by atoms with Crippen LogP contribution in [0, 0.1) is 10.1 Å². The topological polar surface area (TPSA) is 196 Å². The summed E-state index contributed by atoms with van der Waals surface area (Å²) in [5, 5.41) is 15.5. The van der Waals surface area contributed by atoms with Crippen LogP contribution in [0.2, 0.25) is 0 Å². The summed E-state index contributed by atoms with van der Waals surface area (Å²) in [7, 11) is -2.41. The molecule has 0 amide bonds. The fraction of sp³-hybridized carbons (Fsp3) is 0.571. The average Bonchev–Trinajstić information content (AvgIpc) is 3.57. The summed E-state index contributed by atoms with van der Waals surface area (Å²) in [6.45, 7) is 8.59. The van der Waals surface area contributed by atoms with E-state index in [0.717, 1.165) is 76.8 Å². The molecule has 7 rings (SSSR count). The second kappa shape index (κ2) is 16.3. The second-order valence-electron chi connectivity index (χ2n) is 14.0. The van der Waals surface area contributed by atoms with Gasteiger partial charge in [0.2, 0.25) is 21.9 Å². The maximum Gasteiger partial charge on any atom is 0.434 e. The van der Waals surface area contributed by atoms with Gasteiger partial charge in [0.25, 0.3) is 0 Å². The maximum absolute atomic E-state index is 13.3. The number of fused-ring (bicyclic) bond motifs is 1. The number of morpholine rings is 2. The second-order valence-corrected chi connectivity index (χ2v) is 15.9. The Morgan fingerprint density at radius 2 is 1.67 bits per heavy atom. The molecule has 290 valence electrons. The molecule has 1 saturated carbocycles. The highest BCUT2D eigenvalue weighted by Crippen LogP contribution is 2.37. The van der Waals surface area contributed by atoms with Crippen molar-refractivity contribution in [2.24, 2.45) is 7.05 Å². The van der Waals surface area contributed by atoms with Crippen LogP contribution in [0.1, 0.15) is 49.9 Å². The van der Waals surface area contributed by atoms with Crippen molar-refractivity contribution in [2.75, 3.05) is 79.9 Å². The first-order chi connectivity index (χ1) is 26.0. The van der Waals surface area contributed by atoms with Crippen LogP contribution in [-0.2, 0) is 33.0 Å². The highest BCUT2D eigenvalue weighted by atomic mass is 32.2. The zero-order valence-electron chi connectivity index (χ0n) is 30.8. The number of hydrogen-bond acceptors (Lipinski definition) is 15. The van der Waals surface area contributed by atoms with E-state index < -0.39 is 21.0 Å². The molecular weight excluding hydrogens is 719 g/mol. The predicted octanol–water partition coefficient (Wildman–Crippen LogP) is 3.10. The Hall–Kier alpha value is -4.72. The molecular formula is C35H47N11O7S. The van der Waals surface area contributed by atoms with Gasteiger partial charge in [-0.15, -0.1) is 0 Å². The van der Waals surface area contributed by atoms with Crippen molar-refractivity contribution < 1.29 is 27.6 Å². The minimum Gasteiger partial charge on any atom is -0.474 e. The first-order valence-corrected chi connectivity index (χ1v) is 20.2. The molecule has 2 saturated heterocycles. The molecule has 1 unspecified atom stereocenters. The molecule has 1 atom stereocenters. The summed E-state index contributed by atoms with van der Waals surface area (Å²) >= 11 is 0. The van der Waals surface area contributed by atoms with E-state index >= 15 is 0 Å². The van der Waals surface area contributed by atoms with Crippen molar-refractivity contribution in [3.8, 4) is 5.88 Å². The van der Waals surface area contributed by atoms with Crippen LogP contribution >= 0.6 is 0 Å². The van der Waals surface area contributed by atoms with Crippen LogP contribution in [0.4, 0.5) is 23.4 Å². The summed E-state index contributed by atoms with van der Waals surface area (Å²) in [6, 6.07) is 2.94. The number of pyridine rings is 2. The first kappa shape index (κ1) is 37.6. The molecule has 1 N–H and O–H groups in total. The third-order valence-corrected chi connectivity index (χ3v) is 11.6. The molecule has 0 bridgehead atoms. The number of sulfonamides is 1. The summed E-state index contributed by atoms with van der Waals surface area (Å²) in [6.07, 6.45) is 11.7. The quantitative estimate of drug-likeness (QED) is 0.154. The Bertz CT molecular complexity index is 2030. The minimum absolute atomic E-state index is 0.134. The van der Waals surface area contributed by atoms with Gasteiger partial charge in [-0.2, -0.15) is 4.98 Å². The zero-order valence-corrected chi connectivity index (χ0v) is 31.7. The SMILES string of the molecule is CC(c1cnc([N+](=O)[O-])n1C)N(c1cnc2cc(N3CCOCC3)nc(OC3CCC(Nc4ncc(CCN5CCOCC5)cn4)CC3)c2c1)S(C)(=O)=O. The first-order valence-electron chi connectivity index (χ1n) is 18.4. The van der Waals surface area contributed by atoms with E-state index in [0.29, 0.717) is 60.5 Å². The Morgan fingerprint density at radius 3 is 2.31 bits per heavy atom. The predicted molar refractivity (Wildman–Crippen MR) is 201 cm³/mol. The van der Waals surface area contributed by atoms with Gasteiger partial charge in [-0.05, 0) is 55.6 Å². The van der Waals surface area contributed by atoms with Gasteiger partial charge in [-0.25, -0.2) is 23.0 Å². The summed E-state index contributed by atoms with van der Waals surface area (Å²) in [5.74, 6) is 1.30. The van der Waals surface area contributed by atoms with Crippen molar-refractivity contribution in [3.05, 3.63) is 58.3 Å². The van der Waals surface area contributed by atoms with E-state index in [1.165, 1.54) is 28.3 Å². The fourth-order valence-electron chi connectivity index (χ4n) is 7.36. The van der Waals surface area contributed by atoms with Crippen molar-refractivity contribution in [2.45, 2.75) is 57.2 Å². The lowest BCUT2D eigenvalue weighted by Crippen LogP contribution is -2.37. The molecule has 0 aromatic carbocycles. The summed E-state index contributed by atoms with van der Waals surface area (Å²) < 4.78 is 46.8. The van der Waals surface area contributed by atoms with Gasteiger partial charge in [-0.1, -0.05) is 4.98 Å². The highest BCUT2D eigenvalue weighted by Gasteiger charge is 2.33. The van der Waals surface area contributed by atoms with E-state index in [1.807, 2.05) is 18.5 Å². The molecule has 3 fully saturated rings. The third-order valence-electron chi connectivity index (χ3n) is 10.3. The minimum atomic E-state index is -3.89. The summed E-state index contributed by atoms with van der Waals surface area (Å²) in [4.78, 5) is 38.2. The van der Waals surface area contributed by atoms with E-state index in [2.05, 4.69) is 30.1 Å². The van der Waals surface area contributed by atoms with Gasteiger partial charge in [0.05, 0.1) is 68.6 Å². The molecule has 4 aromatic heterocycles. The van der Waals surface area contributed by atoms with E-state index in [9.17, 15) is 18.5 Å². The number of rotatable bonds is 13. The number of nitrogens with one attached hydrogen (secondary N) is 1. The van der Waals surface area contributed by atoms with Crippen molar-refractivity contribution in [1.29, 1.82) is 0 Å². The van der Waals surface area contributed by atoms with Crippen LogP contribution in [0.25, 0.3) is 10.9 Å². The number of nitrogens with zero attached hydrogens (tertiary/aromatic N) is 10. The van der Waals surface area contributed by atoms with Crippen LogP contribution < -0.4 is 19.3 Å². The molecule has 6 heterocycles. The smallest absolute Gasteiger partial charge is 0.434 e. The largest absolute Gasteiger partial charge is 0.474 e. The third kappa shape index (κ3) is 8.64. The number of imidazole rings is 1. The van der Waals surface area contributed by atoms with Crippen molar-refractivity contribution in [1.82, 2.24) is 34.4 Å². The maximum atomic E-state index is 13.3. The van der Waals surface area contributed by atoms with Gasteiger partial charge < -0.3 is 34.5 Å². The number of aromatic nitrogens is 6. The lowest BCUT2D eigenvalue weighted by molar-refractivity contribution is -0.396. The van der Waals surface area contributed by atoms with Crippen molar-refractivity contribution >= 4 is 44.3 Å². The Morgan fingerprint density at radius 1 is 0.981 bits per heavy atom. The standard InChI is InChI=1S/C35H47N11O7S/c1-24(31-23-39-35(42(31)2)46(47)48)45(54(3,49)50)27-18-29-30(36-22-27)19-32(44-12-16-52-17-13-44)41-33(29)53-28-6-4-26(5-7-28)40-34-37-20-25(21-38-34)8-9-43-10-14-51-15-11-43/h18-24,26,28H,4-17H2,1-3H3,(H,37,38,40). The van der Waals surface area contributed by atoms with E-state index in [1.54, 1.807) is 13.0 Å². The molecule has 2 aliphatic heterocycles. The normalized spacial score (nSPS) is 20.5. The molecule has 3 aliphatic rings. The molecule has 4 aromatic rings. The Labute approximate surface area is 314 Å². The number of anilines is 3. The van der Waals surface area contributed by atoms with Crippen LogP contribution in [0.5, 0.6) is 5.88 Å². The van der Waals surface area contributed by atoms with Crippen LogP contribution in [-0.4, -0.2) is 125 Å². The summed E-state index contributed by atoms with van der Waals surface area (Å²) in [5.41, 5.74) is 2.33. The highest BCUT2D eigenvalue weighted by molar-refractivity contribution is 7.92. The van der Waals surface area contributed by atoms with Gasteiger partial charge >= 0.3 is 5.95 Å². The lowest BCUT2D eigenvalue weighted by Gasteiger charge is -2.31. The van der Waals surface area contributed by atoms with Crippen LogP contribution in [0.15, 0.2) is 36.9 Å².